The van der Waals surface area contributed by atoms with E-state index < -0.39 is 0 Å². The molecule has 1 spiro atoms. The molecule has 0 amide bonds. The van der Waals surface area contributed by atoms with Crippen LogP contribution in [0.2, 0.25) is 0 Å². The highest BCUT2D eigenvalue weighted by Gasteiger charge is 2.41. The summed E-state index contributed by atoms with van der Waals surface area (Å²) in [7, 11) is 0. The van der Waals surface area contributed by atoms with E-state index >= 15 is 0 Å². The molecule has 5 nitrogen and oxygen atoms in total. The first-order valence-corrected chi connectivity index (χ1v) is 5.05. The van der Waals surface area contributed by atoms with E-state index in [1.165, 1.54) is 6.42 Å². The highest BCUT2D eigenvalue weighted by Crippen LogP contribution is 2.39. The number of hydrogen-bond donors (Lipinski definition) is 0. The summed E-state index contributed by atoms with van der Waals surface area (Å²) in [6.07, 6.45) is 3.39. The third-order valence-electron chi connectivity index (χ3n) is 3.04. The topological polar surface area (TPSA) is 67.2 Å². The lowest BCUT2D eigenvalue weighted by Gasteiger charge is -2.31. The molecule has 14 heavy (non-hydrogen) atoms. The maximum Gasteiger partial charge on any atom is 0.0638 e. The molecule has 0 aromatic carbocycles. The number of hydrogen-bond acceptors (Lipinski definition) is 3. The number of nitrogens with zero attached hydrogens (tertiary/aromatic N) is 3. The van der Waals surface area contributed by atoms with E-state index in [9.17, 15) is 0 Å². The molecule has 0 radical (unpaired) electrons. The summed E-state index contributed by atoms with van der Waals surface area (Å²) < 4.78 is 11.1. The molecule has 2 heterocycles. The Kier molecular flexibility index (Phi) is 2.91. The van der Waals surface area contributed by atoms with E-state index in [1.807, 2.05) is 0 Å². The molecule has 2 aliphatic rings. The zero-order chi connectivity index (χ0) is 9.86. The van der Waals surface area contributed by atoms with Crippen LogP contribution in [-0.4, -0.2) is 32.5 Å². The summed E-state index contributed by atoms with van der Waals surface area (Å²) in [4.78, 5) is 2.75. The summed E-state index contributed by atoms with van der Waals surface area (Å²) in [5, 5.41) is 3.55. The number of rotatable bonds is 2. The van der Waals surface area contributed by atoms with Crippen molar-refractivity contribution < 1.29 is 9.47 Å². The van der Waals surface area contributed by atoms with Crippen molar-refractivity contribution in [3.05, 3.63) is 10.4 Å². The Bertz CT molecular complexity index is 244. The second-order valence-corrected chi connectivity index (χ2v) is 4.21. The van der Waals surface area contributed by atoms with Crippen molar-refractivity contribution in [2.45, 2.75) is 25.4 Å². The highest BCUT2D eigenvalue weighted by atomic mass is 16.5. The van der Waals surface area contributed by atoms with Gasteiger partial charge in [-0.1, -0.05) is 5.11 Å². The van der Waals surface area contributed by atoms with Gasteiger partial charge in [-0.25, -0.2) is 0 Å². The molecule has 78 valence electrons. The molecule has 0 aromatic heterocycles. The highest BCUT2D eigenvalue weighted by molar-refractivity contribution is 4.90. The van der Waals surface area contributed by atoms with Gasteiger partial charge < -0.3 is 9.47 Å². The van der Waals surface area contributed by atoms with E-state index in [0.29, 0.717) is 6.54 Å². The molecule has 0 saturated carbocycles. The molecule has 0 N–H and O–H groups in total. The lowest BCUT2D eigenvalue weighted by atomic mass is 9.80. The van der Waals surface area contributed by atoms with Crippen molar-refractivity contribution in [2.75, 3.05) is 26.4 Å². The molecule has 2 rings (SSSR count). The smallest absolute Gasteiger partial charge is 0.0638 e. The standard InChI is InChI=1S/C9H15N3O2/c10-12-11-5-8-4-9(7-14-8)2-1-3-13-6-9/h8H,1-7H2/t8-,9-/m1/s1. The van der Waals surface area contributed by atoms with Crippen molar-refractivity contribution in [1.82, 2.24) is 0 Å². The lowest BCUT2D eigenvalue weighted by molar-refractivity contribution is -0.0135. The van der Waals surface area contributed by atoms with E-state index in [2.05, 4.69) is 10.0 Å². The Balaban J connectivity index is 1.88. The Labute approximate surface area is 83.0 Å². The van der Waals surface area contributed by atoms with Gasteiger partial charge in [0, 0.05) is 16.9 Å². The minimum Gasteiger partial charge on any atom is -0.381 e. The number of azide groups is 1. The van der Waals surface area contributed by atoms with Gasteiger partial charge in [0.25, 0.3) is 0 Å². The van der Waals surface area contributed by atoms with Crippen LogP contribution in [0.3, 0.4) is 0 Å². The first-order valence-electron chi connectivity index (χ1n) is 5.05. The molecule has 2 aliphatic heterocycles. The minimum atomic E-state index is 0.104. The van der Waals surface area contributed by atoms with Crippen LogP contribution in [0.4, 0.5) is 0 Å². The van der Waals surface area contributed by atoms with Crippen molar-refractivity contribution in [2.24, 2.45) is 10.5 Å². The minimum absolute atomic E-state index is 0.104. The third-order valence-corrected chi connectivity index (χ3v) is 3.04. The second-order valence-electron chi connectivity index (χ2n) is 4.21. The van der Waals surface area contributed by atoms with Gasteiger partial charge >= 0.3 is 0 Å². The second kappa shape index (κ2) is 4.17. The van der Waals surface area contributed by atoms with Gasteiger partial charge in [-0.05, 0) is 24.8 Å². The Morgan fingerprint density at radius 1 is 1.50 bits per heavy atom. The van der Waals surface area contributed by atoms with Crippen molar-refractivity contribution in [3.8, 4) is 0 Å². The third kappa shape index (κ3) is 2.00. The summed E-state index contributed by atoms with van der Waals surface area (Å²) in [6, 6.07) is 0. The fourth-order valence-electron chi connectivity index (χ4n) is 2.33. The van der Waals surface area contributed by atoms with Crippen molar-refractivity contribution >= 4 is 0 Å². The average molecular weight is 197 g/mol. The first-order chi connectivity index (χ1) is 6.85. The van der Waals surface area contributed by atoms with Crippen LogP contribution in [0, 0.1) is 5.41 Å². The van der Waals surface area contributed by atoms with Gasteiger partial charge in [-0.2, -0.15) is 0 Å². The van der Waals surface area contributed by atoms with Crippen LogP contribution in [-0.2, 0) is 9.47 Å². The van der Waals surface area contributed by atoms with Crippen LogP contribution < -0.4 is 0 Å². The predicted octanol–water partition coefficient (Wildman–Crippen LogP) is 1.88. The van der Waals surface area contributed by atoms with Crippen LogP contribution in [0.25, 0.3) is 10.4 Å². The van der Waals surface area contributed by atoms with Crippen molar-refractivity contribution in [1.29, 1.82) is 0 Å². The molecule has 0 aliphatic carbocycles. The molecule has 0 aromatic rings. The van der Waals surface area contributed by atoms with Crippen LogP contribution in [0.5, 0.6) is 0 Å². The van der Waals surface area contributed by atoms with Gasteiger partial charge in [0.2, 0.25) is 0 Å². The molecular weight excluding hydrogens is 182 g/mol. The Morgan fingerprint density at radius 3 is 3.14 bits per heavy atom. The summed E-state index contributed by atoms with van der Waals surface area (Å²) in [5.74, 6) is 0. The lowest BCUT2D eigenvalue weighted by Crippen LogP contribution is -2.32. The quantitative estimate of drug-likeness (QED) is 0.385. The largest absolute Gasteiger partial charge is 0.381 e. The maximum absolute atomic E-state index is 8.21. The molecule has 2 atom stereocenters. The van der Waals surface area contributed by atoms with E-state index in [4.69, 9.17) is 15.0 Å². The molecule has 5 heteroatoms. The zero-order valence-corrected chi connectivity index (χ0v) is 8.19. The Hall–Kier alpha value is -0.770. The van der Waals surface area contributed by atoms with Gasteiger partial charge in [-0.15, -0.1) is 0 Å². The maximum atomic E-state index is 8.21. The monoisotopic (exact) mass is 197 g/mol. The van der Waals surface area contributed by atoms with Gasteiger partial charge in [0.1, 0.15) is 0 Å². The van der Waals surface area contributed by atoms with Gasteiger partial charge in [0.15, 0.2) is 0 Å². The average Bonchev–Trinajstić information content (AvgIpc) is 2.60. The Morgan fingerprint density at radius 2 is 2.43 bits per heavy atom. The van der Waals surface area contributed by atoms with Crippen LogP contribution in [0.1, 0.15) is 19.3 Å². The molecule has 2 saturated heterocycles. The van der Waals surface area contributed by atoms with E-state index in [1.54, 1.807) is 0 Å². The van der Waals surface area contributed by atoms with Gasteiger partial charge in [0.05, 0.1) is 25.9 Å². The summed E-state index contributed by atoms with van der Waals surface area (Å²) >= 11 is 0. The molecule has 0 bridgehead atoms. The van der Waals surface area contributed by atoms with E-state index in [-0.39, 0.29) is 11.5 Å². The van der Waals surface area contributed by atoms with E-state index in [0.717, 1.165) is 32.7 Å². The molecule has 0 unspecified atom stereocenters. The van der Waals surface area contributed by atoms with Gasteiger partial charge in [-0.3, -0.25) is 0 Å². The number of ether oxygens (including phenoxy) is 2. The first kappa shape index (κ1) is 9.77. The van der Waals surface area contributed by atoms with Crippen LogP contribution >= 0.6 is 0 Å². The fraction of sp³-hybridized carbons (Fsp3) is 1.00. The van der Waals surface area contributed by atoms with Crippen molar-refractivity contribution in [3.63, 3.8) is 0 Å². The fourth-order valence-corrected chi connectivity index (χ4v) is 2.33. The predicted molar refractivity (Wildman–Crippen MR) is 50.9 cm³/mol. The normalized spacial score (nSPS) is 37.0. The molecule has 2 fully saturated rings. The summed E-state index contributed by atoms with van der Waals surface area (Å²) in [5.41, 5.74) is 8.42. The van der Waals surface area contributed by atoms with Crippen LogP contribution in [0.15, 0.2) is 5.11 Å². The zero-order valence-electron chi connectivity index (χ0n) is 8.19. The SMILES string of the molecule is [N-]=[N+]=NC[C@H]1C[C@@]2(CCCOC2)CO1. The summed E-state index contributed by atoms with van der Waals surface area (Å²) in [6.45, 7) is 2.90. The molecular formula is C9H15N3O2.